The van der Waals surface area contributed by atoms with Crippen LogP contribution >= 0.6 is 27.5 Å². The molecule has 1 aliphatic carbocycles. The Morgan fingerprint density at radius 1 is 1.57 bits per heavy atom. The fourth-order valence-corrected chi connectivity index (χ4v) is 2.66. The zero-order valence-electron chi connectivity index (χ0n) is 7.49. The first-order chi connectivity index (χ1) is 6.61. The minimum absolute atomic E-state index is 0.127. The van der Waals surface area contributed by atoms with Crippen LogP contribution < -0.4 is 5.73 Å². The van der Waals surface area contributed by atoms with Crippen molar-refractivity contribution in [3.05, 3.63) is 32.5 Å². The van der Waals surface area contributed by atoms with Crippen LogP contribution in [0, 0.1) is 5.82 Å². The number of hydrogen-bond acceptors (Lipinski definition) is 1. The average Bonchev–Trinajstić information content (AvgIpc) is 2.14. The fraction of sp³-hybridized carbons (Fsp3) is 0.400. The second-order valence-electron chi connectivity index (χ2n) is 3.55. The van der Waals surface area contributed by atoms with Gasteiger partial charge in [-0.3, -0.25) is 0 Å². The Hall–Kier alpha value is -0.120. The monoisotopic (exact) mass is 277 g/mol. The van der Waals surface area contributed by atoms with Crippen molar-refractivity contribution in [2.45, 2.75) is 25.3 Å². The minimum Gasteiger partial charge on any atom is -0.324 e. The number of rotatable bonds is 0. The first kappa shape index (κ1) is 10.4. The van der Waals surface area contributed by atoms with Crippen molar-refractivity contribution in [3.8, 4) is 0 Å². The Bertz CT molecular complexity index is 381. The van der Waals surface area contributed by atoms with E-state index in [4.69, 9.17) is 17.3 Å². The van der Waals surface area contributed by atoms with Gasteiger partial charge in [0.25, 0.3) is 0 Å². The summed E-state index contributed by atoms with van der Waals surface area (Å²) in [6, 6.07) is 1.29. The van der Waals surface area contributed by atoms with E-state index < -0.39 is 0 Å². The minimum atomic E-state index is -0.202. The van der Waals surface area contributed by atoms with Crippen molar-refractivity contribution in [1.82, 2.24) is 0 Å². The lowest BCUT2D eigenvalue weighted by molar-refractivity contribution is 0.531. The van der Waals surface area contributed by atoms with E-state index in [9.17, 15) is 4.39 Å². The number of halogens is 3. The lowest BCUT2D eigenvalue weighted by Gasteiger charge is -2.24. The van der Waals surface area contributed by atoms with Crippen LogP contribution in [0.2, 0.25) is 5.02 Å². The van der Waals surface area contributed by atoms with Gasteiger partial charge in [-0.15, -0.1) is 0 Å². The van der Waals surface area contributed by atoms with Crippen LogP contribution in [0.3, 0.4) is 0 Å². The molecule has 76 valence electrons. The van der Waals surface area contributed by atoms with Crippen LogP contribution in [0.4, 0.5) is 4.39 Å². The molecular weight excluding hydrogens is 268 g/mol. The first-order valence-corrected chi connectivity index (χ1v) is 5.70. The summed E-state index contributed by atoms with van der Waals surface area (Å²) < 4.78 is 14.1. The highest BCUT2D eigenvalue weighted by atomic mass is 79.9. The van der Waals surface area contributed by atoms with Gasteiger partial charge in [0.1, 0.15) is 5.82 Å². The molecule has 1 atom stereocenters. The molecule has 1 aliphatic rings. The molecule has 0 aromatic heterocycles. The molecule has 0 saturated carbocycles. The van der Waals surface area contributed by atoms with E-state index in [1.54, 1.807) is 0 Å². The lowest BCUT2D eigenvalue weighted by Crippen LogP contribution is -2.19. The summed E-state index contributed by atoms with van der Waals surface area (Å²) in [4.78, 5) is 0. The Kier molecular flexibility index (Phi) is 2.82. The maximum Gasteiger partial charge on any atom is 0.127 e. The van der Waals surface area contributed by atoms with Crippen molar-refractivity contribution in [1.29, 1.82) is 0 Å². The smallest absolute Gasteiger partial charge is 0.127 e. The van der Waals surface area contributed by atoms with Gasteiger partial charge in [0.2, 0.25) is 0 Å². The highest BCUT2D eigenvalue weighted by Crippen LogP contribution is 2.39. The van der Waals surface area contributed by atoms with E-state index in [2.05, 4.69) is 15.9 Å². The van der Waals surface area contributed by atoms with Crippen molar-refractivity contribution in [2.24, 2.45) is 5.73 Å². The molecule has 2 rings (SSSR count). The predicted octanol–water partition coefficient (Wildman–Crippen LogP) is 3.58. The van der Waals surface area contributed by atoms with Crippen molar-refractivity contribution in [3.63, 3.8) is 0 Å². The zero-order valence-corrected chi connectivity index (χ0v) is 9.83. The molecule has 0 unspecified atom stereocenters. The third kappa shape index (κ3) is 1.58. The highest BCUT2D eigenvalue weighted by molar-refractivity contribution is 9.10. The SMILES string of the molecule is N[C@H]1CCCc2c(F)cc(Br)c(Cl)c21. The summed E-state index contributed by atoms with van der Waals surface area (Å²) in [5.41, 5.74) is 7.39. The highest BCUT2D eigenvalue weighted by Gasteiger charge is 2.24. The summed E-state index contributed by atoms with van der Waals surface area (Å²) in [6.45, 7) is 0. The van der Waals surface area contributed by atoms with E-state index in [1.807, 2.05) is 0 Å². The quantitative estimate of drug-likeness (QED) is 0.721. The maximum atomic E-state index is 13.5. The Morgan fingerprint density at radius 3 is 3.00 bits per heavy atom. The van der Waals surface area contributed by atoms with Gasteiger partial charge in [0, 0.05) is 10.5 Å². The molecule has 1 nitrogen and oxygen atoms in total. The zero-order chi connectivity index (χ0) is 10.3. The average molecular weight is 279 g/mol. The number of fused-ring (bicyclic) bond motifs is 1. The van der Waals surface area contributed by atoms with Crippen LogP contribution in [-0.2, 0) is 6.42 Å². The van der Waals surface area contributed by atoms with Gasteiger partial charge < -0.3 is 5.73 Å². The predicted molar refractivity (Wildman–Crippen MR) is 59.0 cm³/mol. The maximum absolute atomic E-state index is 13.5. The van der Waals surface area contributed by atoms with Gasteiger partial charge in [-0.1, -0.05) is 11.6 Å². The molecule has 0 aliphatic heterocycles. The van der Waals surface area contributed by atoms with Gasteiger partial charge >= 0.3 is 0 Å². The normalized spacial score (nSPS) is 20.7. The molecule has 14 heavy (non-hydrogen) atoms. The van der Waals surface area contributed by atoms with Crippen LogP contribution in [0.25, 0.3) is 0 Å². The molecule has 0 fully saturated rings. The number of nitrogens with two attached hydrogens (primary N) is 1. The molecular formula is C10H10BrClFN. The molecule has 4 heteroatoms. The summed E-state index contributed by atoms with van der Waals surface area (Å²) in [6.07, 6.45) is 2.55. The van der Waals surface area contributed by atoms with Crippen LogP contribution in [0.15, 0.2) is 10.5 Å². The summed E-state index contributed by atoms with van der Waals surface area (Å²) >= 11 is 9.31. The van der Waals surface area contributed by atoms with Crippen LogP contribution in [0.5, 0.6) is 0 Å². The molecule has 0 saturated heterocycles. The molecule has 0 radical (unpaired) electrons. The second kappa shape index (κ2) is 3.80. The molecule has 2 N–H and O–H groups in total. The molecule has 0 spiro atoms. The van der Waals surface area contributed by atoms with E-state index in [0.717, 1.165) is 24.8 Å². The lowest BCUT2D eigenvalue weighted by atomic mass is 9.88. The van der Waals surface area contributed by atoms with Gasteiger partial charge in [0.05, 0.1) is 5.02 Å². The fourth-order valence-electron chi connectivity index (χ4n) is 1.94. The van der Waals surface area contributed by atoms with Crippen LogP contribution in [0.1, 0.15) is 30.0 Å². The molecule has 1 aromatic rings. The van der Waals surface area contributed by atoms with Crippen molar-refractivity contribution >= 4 is 27.5 Å². The molecule has 0 amide bonds. The van der Waals surface area contributed by atoms with E-state index in [1.165, 1.54) is 6.07 Å². The van der Waals surface area contributed by atoms with Crippen LogP contribution in [-0.4, -0.2) is 0 Å². The Labute approximate surface area is 95.6 Å². The molecule has 0 bridgehead atoms. The second-order valence-corrected chi connectivity index (χ2v) is 4.78. The summed E-state index contributed by atoms with van der Waals surface area (Å²) in [7, 11) is 0. The van der Waals surface area contributed by atoms with Gasteiger partial charge in [0.15, 0.2) is 0 Å². The largest absolute Gasteiger partial charge is 0.324 e. The first-order valence-electron chi connectivity index (χ1n) is 4.53. The standard InChI is InChI=1S/C10H10BrClFN/c11-6-4-7(13)5-2-1-3-8(14)9(5)10(6)12/h4,8H,1-3,14H2/t8-/m0/s1. The van der Waals surface area contributed by atoms with Gasteiger partial charge in [-0.05, 0) is 52.4 Å². The van der Waals surface area contributed by atoms with Crippen molar-refractivity contribution in [2.75, 3.05) is 0 Å². The van der Waals surface area contributed by atoms with Gasteiger partial charge in [-0.25, -0.2) is 4.39 Å². The number of hydrogen-bond donors (Lipinski definition) is 1. The number of benzene rings is 1. The molecule has 0 heterocycles. The Balaban J connectivity index is 2.67. The van der Waals surface area contributed by atoms with E-state index in [-0.39, 0.29) is 11.9 Å². The van der Waals surface area contributed by atoms with E-state index in [0.29, 0.717) is 15.1 Å². The van der Waals surface area contributed by atoms with Crippen molar-refractivity contribution < 1.29 is 4.39 Å². The van der Waals surface area contributed by atoms with E-state index >= 15 is 0 Å². The third-order valence-electron chi connectivity index (χ3n) is 2.63. The summed E-state index contributed by atoms with van der Waals surface area (Å²) in [5.74, 6) is -0.202. The van der Waals surface area contributed by atoms with Gasteiger partial charge in [-0.2, -0.15) is 0 Å². The topological polar surface area (TPSA) is 26.0 Å². The molecule has 1 aromatic carbocycles. The Morgan fingerprint density at radius 2 is 2.29 bits per heavy atom. The summed E-state index contributed by atoms with van der Waals surface area (Å²) in [5, 5.41) is 0.564. The third-order valence-corrected chi connectivity index (χ3v) is 3.89.